The van der Waals surface area contributed by atoms with Gasteiger partial charge in [0.2, 0.25) is 0 Å². The third-order valence-electron chi connectivity index (χ3n) is 7.92. The maximum absolute atomic E-state index is 3.80. The van der Waals surface area contributed by atoms with Crippen LogP contribution < -0.4 is 9.80 Å². The third kappa shape index (κ3) is 4.32. The first-order chi connectivity index (χ1) is 18.0. The molecule has 0 saturated heterocycles. The molecule has 0 spiro atoms. The fourth-order valence-electron chi connectivity index (χ4n) is 6.08. The van der Waals surface area contributed by atoms with Crippen LogP contribution in [0, 0.1) is 0 Å². The highest BCUT2D eigenvalue weighted by Crippen LogP contribution is 2.57. The molecular formula is C33H34Br2N2. The number of rotatable bonds is 8. The summed E-state index contributed by atoms with van der Waals surface area (Å²) in [7, 11) is 0. The Morgan fingerprint density at radius 3 is 1.19 bits per heavy atom. The van der Waals surface area contributed by atoms with Gasteiger partial charge in [-0.15, -0.1) is 0 Å². The lowest BCUT2D eigenvalue weighted by molar-refractivity contribution is 0.765. The van der Waals surface area contributed by atoms with Crippen LogP contribution in [0.2, 0.25) is 0 Å². The van der Waals surface area contributed by atoms with Crippen LogP contribution in [0.3, 0.4) is 0 Å². The van der Waals surface area contributed by atoms with Crippen molar-refractivity contribution in [2.24, 2.45) is 0 Å². The summed E-state index contributed by atoms with van der Waals surface area (Å²) in [4.78, 5) is 4.80. The van der Waals surface area contributed by atoms with E-state index in [4.69, 9.17) is 0 Å². The Balaban J connectivity index is 1.81. The summed E-state index contributed by atoms with van der Waals surface area (Å²) < 4.78 is 2.20. The average Bonchev–Trinajstić information content (AvgIpc) is 3.20. The summed E-state index contributed by atoms with van der Waals surface area (Å²) >= 11 is 7.59. The van der Waals surface area contributed by atoms with Crippen LogP contribution in [-0.4, -0.2) is 26.2 Å². The van der Waals surface area contributed by atoms with E-state index in [0.29, 0.717) is 0 Å². The van der Waals surface area contributed by atoms with Crippen molar-refractivity contribution in [1.82, 2.24) is 0 Å². The van der Waals surface area contributed by atoms with E-state index in [1.165, 1.54) is 44.8 Å². The molecule has 0 heterocycles. The van der Waals surface area contributed by atoms with E-state index in [1.54, 1.807) is 0 Å². The molecule has 0 atom stereocenters. The molecule has 0 amide bonds. The Labute approximate surface area is 238 Å². The van der Waals surface area contributed by atoms with Crippen molar-refractivity contribution in [3.8, 4) is 11.1 Å². The fourth-order valence-corrected chi connectivity index (χ4v) is 6.80. The second-order valence-corrected chi connectivity index (χ2v) is 11.4. The highest BCUT2D eigenvalue weighted by molar-refractivity contribution is 9.10. The van der Waals surface area contributed by atoms with Crippen molar-refractivity contribution >= 4 is 43.2 Å². The lowest BCUT2D eigenvalue weighted by atomic mass is 9.67. The Morgan fingerprint density at radius 1 is 0.514 bits per heavy atom. The van der Waals surface area contributed by atoms with Crippen LogP contribution in [0.25, 0.3) is 11.1 Å². The van der Waals surface area contributed by atoms with Gasteiger partial charge in [-0.1, -0.05) is 68.3 Å². The van der Waals surface area contributed by atoms with Crippen molar-refractivity contribution in [2.75, 3.05) is 36.0 Å². The molecular weight excluding hydrogens is 584 g/mol. The molecule has 0 radical (unpaired) electrons. The number of hydrogen-bond donors (Lipinski definition) is 0. The Kier molecular flexibility index (Phi) is 7.51. The van der Waals surface area contributed by atoms with Crippen LogP contribution in [0.15, 0.2) is 93.9 Å². The predicted octanol–water partition coefficient (Wildman–Crippen LogP) is 9.27. The van der Waals surface area contributed by atoms with Gasteiger partial charge in [-0.3, -0.25) is 0 Å². The van der Waals surface area contributed by atoms with Gasteiger partial charge in [0.25, 0.3) is 0 Å². The van der Waals surface area contributed by atoms with Gasteiger partial charge in [-0.05, 0) is 110 Å². The third-order valence-corrected chi connectivity index (χ3v) is 8.91. The molecule has 1 aliphatic rings. The summed E-state index contributed by atoms with van der Waals surface area (Å²) in [6.07, 6.45) is 0. The maximum Gasteiger partial charge on any atom is 0.0714 e. The average molecular weight is 618 g/mol. The molecule has 4 heteroatoms. The Hall–Kier alpha value is -2.56. The summed E-state index contributed by atoms with van der Waals surface area (Å²) in [6.45, 7) is 12.9. The molecule has 4 aromatic rings. The lowest BCUT2D eigenvalue weighted by Crippen LogP contribution is -2.29. The number of fused-ring (bicyclic) bond motifs is 3. The van der Waals surface area contributed by atoms with Crippen LogP contribution in [-0.2, 0) is 5.41 Å². The molecule has 0 bridgehead atoms. The molecule has 0 fully saturated rings. The first kappa shape index (κ1) is 26.1. The molecule has 0 N–H and O–H groups in total. The predicted molar refractivity (Wildman–Crippen MR) is 166 cm³/mol. The van der Waals surface area contributed by atoms with Crippen molar-refractivity contribution in [1.29, 1.82) is 0 Å². The van der Waals surface area contributed by atoms with Gasteiger partial charge < -0.3 is 9.80 Å². The van der Waals surface area contributed by atoms with Gasteiger partial charge in [-0.25, -0.2) is 0 Å². The second kappa shape index (κ2) is 10.7. The maximum atomic E-state index is 3.80. The van der Waals surface area contributed by atoms with E-state index in [0.717, 1.165) is 35.1 Å². The molecule has 4 aromatic carbocycles. The zero-order valence-electron chi connectivity index (χ0n) is 22.1. The molecule has 190 valence electrons. The number of anilines is 2. The minimum Gasteiger partial charge on any atom is -0.372 e. The highest BCUT2D eigenvalue weighted by atomic mass is 79.9. The van der Waals surface area contributed by atoms with Gasteiger partial charge in [0.05, 0.1) is 5.41 Å². The summed E-state index contributed by atoms with van der Waals surface area (Å²) in [5.41, 5.74) is 9.93. The van der Waals surface area contributed by atoms with E-state index in [1.807, 2.05) is 0 Å². The Morgan fingerprint density at radius 2 is 0.865 bits per heavy atom. The monoisotopic (exact) mass is 616 g/mol. The summed E-state index contributed by atoms with van der Waals surface area (Å²) in [5.74, 6) is 0. The van der Waals surface area contributed by atoms with Crippen molar-refractivity contribution in [3.05, 3.63) is 116 Å². The van der Waals surface area contributed by atoms with Gasteiger partial charge in [0.15, 0.2) is 0 Å². The molecule has 1 aliphatic carbocycles. The minimum absolute atomic E-state index is 0.415. The Bertz CT molecular complexity index is 1280. The highest BCUT2D eigenvalue weighted by Gasteiger charge is 2.46. The quantitative estimate of drug-likeness (QED) is 0.171. The largest absolute Gasteiger partial charge is 0.372 e. The zero-order chi connectivity index (χ0) is 26.2. The van der Waals surface area contributed by atoms with Gasteiger partial charge in [-0.2, -0.15) is 0 Å². The number of benzene rings is 4. The van der Waals surface area contributed by atoms with Crippen molar-refractivity contribution in [3.63, 3.8) is 0 Å². The molecule has 0 aromatic heterocycles. The first-order valence-corrected chi connectivity index (χ1v) is 14.9. The van der Waals surface area contributed by atoms with E-state index in [2.05, 4.69) is 154 Å². The first-order valence-electron chi connectivity index (χ1n) is 13.3. The van der Waals surface area contributed by atoms with Gasteiger partial charge in [0, 0.05) is 46.5 Å². The number of halogens is 2. The standard InChI is InChI=1S/C33H34Br2N2/c1-5-36(6-2)27-15-9-23(10-16-27)33(24-11-17-28(18-12-24)37(7-3)8-4)31-21-25(34)13-19-29(31)30-20-14-26(35)22-32(30)33/h9-22H,5-8H2,1-4H3. The van der Waals surface area contributed by atoms with E-state index in [-0.39, 0.29) is 0 Å². The smallest absolute Gasteiger partial charge is 0.0714 e. The fraction of sp³-hybridized carbons (Fsp3) is 0.273. The molecule has 2 nitrogen and oxygen atoms in total. The van der Waals surface area contributed by atoms with Crippen LogP contribution in [0.5, 0.6) is 0 Å². The van der Waals surface area contributed by atoms with Crippen LogP contribution >= 0.6 is 31.9 Å². The summed E-state index contributed by atoms with van der Waals surface area (Å²) in [5, 5.41) is 0. The normalized spacial score (nSPS) is 13.2. The van der Waals surface area contributed by atoms with Crippen molar-refractivity contribution in [2.45, 2.75) is 33.1 Å². The van der Waals surface area contributed by atoms with E-state index < -0.39 is 5.41 Å². The second-order valence-electron chi connectivity index (χ2n) is 9.57. The summed E-state index contributed by atoms with van der Waals surface area (Å²) in [6, 6.07) is 32.0. The number of hydrogen-bond acceptors (Lipinski definition) is 2. The van der Waals surface area contributed by atoms with E-state index >= 15 is 0 Å². The molecule has 37 heavy (non-hydrogen) atoms. The van der Waals surface area contributed by atoms with Crippen LogP contribution in [0.4, 0.5) is 11.4 Å². The molecule has 0 saturated carbocycles. The van der Waals surface area contributed by atoms with Crippen LogP contribution in [0.1, 0.15) is 49.9 Å². The molecule has 5 rings (SSSR count). The number of nitrogens with zero attached hydrogens (tertiary/aromatic N) is 2. The SMILES string of the molecule is CCN(CC)c1ccc(C2(c3ccc(N(CC)CC)cc3)c3cc(Br)ccc3-c3ccc(Br)cc32)cc1. The minimum atomic E-state index is -0.415. The topological polar surface area (TPSA) is 6.48 Å². The molecule has 0 aliphatic heterocycles. The van der Waals surface area contributed by atoms with Gasteiger partial charge in [0.1, 0.15) is 0 Å². The zero-order valence-corrected chi connectivity index (χ0v) is 25.2. The van der Waals surface area contributed by atoms with Gasteiger partial charge >= 0.3 is 0 Å². The lowest BCUT2D eigenvalue weighted by Gasteiger charge is -2.35. The van der Waals surface area contributed by atoms with Crippen molar-refractivity contribution < 1.29 is 0 Å². The van der Waals surface area contributed by atoms with E-state index in [9.17, 15) is 0 Å². The molecule has 0 unspecified atom stereocenters.